The molecule has 4 N–H and O–H groups in total. The zero-order chi connectivity index (χ0) is 13.7. The summed E-state index contributed by atoms with van der Waals surface area (Å²) >= 11 is 0. The normalized spacial score (nSPS) is 10.9. The van der Waals surface area contributed by atoms with Crippen molar-refractivity contribution in [2.75, 3.05) is 5.73 Å². The molecule has 1 aliphatic carbocycles. The Hall–Kier alpha value is -2.59. The summed E-state index contributed by atoms with van der Waals surface area (Å²) in [4.78, 5) is 4.68. The van der Waals surface area contributed by atoms with Gasteiger partial charge in [-0.25, -0.2) is 4.98 Å². The predicted molar refractivity (Wildman–Crippen MR) is 77.6 cm³/mol. The van der Waals surface area contributed by atoms with Gasteiger partial charge in [0, 0.05) is 17.1 Å². The lowest BCUT2D eigenvalue weighted by molar-refractivity contribution is -0.170. The van der Waals surface area contributed by atoms with Crippen molar-refractivity contribution in [2.45, 2.75) is 0 Å². The van der Waals surface area contributed by atoms with Crippen LogP contribution in [0.3, 0.4) is 0 Å². The van der Waals surface area contributed by atoms with Gasteiger partial charge in [0.25, 0.3) is 0 Å². The average Bonchev–Trinajstić information content (AvgIpc) is 2.46. The zero-order valence-electron chi connectivity index (χ0n) is 11.0. The largest absolute Gasteiger partial charge is 1.00 e. The summed E-state index contributed by atoms with van der Waals surface area (Å²) in [5.74, 6) is 0.666. The minimum atomic E-state index is 0. The maximum Gasteiger partial charge on any atom is 0.208 e. The third-order valence-electron chi connectivity index (χ3n) is 3.45. The molecule has 1 aliphatic heterocycles. The van der Waals surface area contributed by atoms with E-state index in [2.05, 4.69) is 4.98 Å². The first-order valence-electron chi connectivity index (χ1n) is 6.33. The molecular formula is C16H12ClN3O. The van der Waals surface area contributed by atoms with Gasteiger partial charge in [-0.05, 0) is 18.2 Å². The number of nitrogen functional groups attached to an aromatic ring is 1. The average molecular weight is 298 g/mol. The molecule has 0 fully saturated rings. The van der Waals surface area contributed by atoms with E-state index >= 15 is 0 Å². The molecule has 2 aliphatic rings. The van der Waals surface area contributed by atoms with Gasteiger partial charge in [-0.15, -0.1) is 0 Å². The summed E-state index contributed by atoms with van der Waals surface area (Å²) in [5.41, 5.74) is 8.68. The molecule has 0 bridgehead atoms. The number of benzene rings is 3. The Labute approximate surface area is 126 Å². The van der Waals surface area contributed by atoms with Crippen LogP contribution < -0.4 is 28.9 Å². The predicted octanol–water partition coefficient (Wildman–Crippen LogP) is -1.67. The molecule has 0 amide bonds. The number of nitrogens with zero attached hydrogens (tertiary/aromatic N) is 1. The maximum atomic E-state index is 6.08. The third-order valence-corrected chi connectivity index (χ3v) is 3.45. The van der Waals surface area contributed by atoms with Crippen LogP contribution in [-0.2, 0) is 0 Å². The van der Waals surface area contributed by atoms with Crippen molar-refractivity contribution < 1.29 is 22.2 Å². The fourth-order valence-electron chi connectivity index (χ4n) is 2.50. The molecule has 2 aromatic carbocycles. The SMILES string of the molecule is Nc1ccc2nc3c4ccccc4c(=[NH2+])cc-3oc2c1.[Cl-]. The minimum absolute atomic E-state index is 0. The molecule has 2 aromatic rings. The fraction of sp³-hybridized carbons (Fsp3) is 0. The Morgan fingerprint density at radius 2 is 1.76 bits per heavy atom. The Kier molecular flexibility index (Phi) is 3.03. The quantitative estimate of drug-likeness (QED) is 0.231. The smallest absolute Gasteiger partial charge is 0.208 e. The van der Waals surface area contributed by atoms with Gasteiger partial charge in [-0.1, -0.05) is 18.2 Å². The number of nitrogens with two attached hydrogens (primary N) is 2. The van der Waals surface area contributed by atoms with Crippen molar-refractivity contribution in [3.63, 3.8) is 0 Å². The molecule has 0 aromatic heterocycles. The Morgan fingerprint density at radius 1 is 1.00 bits per heavy atom. The minimum Gasteiger partial charge on any atom is -1.00 e. The van der Waals surface area contributed by atoms with E-state index < -0.39 is 0 Å². The van der Waals surface area contributed by atoms with Gasteiger partial charge in [0.05, 0.1) is 11.5 Å². The monoisotopic (exact) mass is 297 g/mol. The first-order valence-corrected chi connectivity index (χ1v) is 6.33. The first-order chi connectivity index (χ1) is 9.72. The third kappa shape index (κ3) is 2.00. The second kappa shape index (κ2) is 4.75. The van der Waals surface area contributed by atoms with Crippen LogP contribution in [0.2, 0.25) is 0 Å². The van der Waals surface area contributed by atoms with Crippen LogP contribution in [-0.4, -0.2) is 4.98 Å². The van der Waals surface area contributed by atoms with Gasteiger partial charge in [0.2, 0.25) is 5.36 Å². The number of halogens is 1. The standard InChI is InChI=1S/C16H11N3O.ClH/c17-9-5-6-13-14(7-9)20-15-8-12(18)10-3-1-2-4-11(10)16(15)19-13;/h1-8,18H,17H2;1H. The molecule has 4 nitrogen and oxygen atoms in total. The number of anilines is 1. The van der Waals surface area contributed by atoms with Gasteiger partial charge in [-0.2, -0.15) is 0 Å². The van der Waals surface area contributed by atoms with Gasteiger partial charge in [-0.3, -0.25) is 5.41 Å². The maximum absolute atomic E-state index is 6.08. The number of hydrogen-bond acceptors (Lipinski definition) is 3. The lowest BCUT2D eigenvalue weighted by Gasteiger charge is -2.08. The highest BCUT2D eigenvalue weighted by Gasteiger charge is 2.15. The van der Waals surface area contributed by atoms with Crippen LogP contribution >= 0.6 is 0 Å². The summed E-state index contributed by atoms with van der Waals surface area (Å²) in [7, 11) is 0. The van der Waals surface area contributed by atoms with Crippen molar-refractivity contribution in [2.24, 2.45) is 0 Å². The second-order valence-corrected chi connectivity index (χ2v) is 4.80. The molecule has 4 rings (SSSR count). The highest BCUT2D eigenvalue weighted by Crippen LogP contribution is 2.30. The molecular weight excluding hydrogens is 286 g/mol. The molecule has 104 valence electrons. The van der Waals surface area contributed by atoms with E-state index in [1.807, 2.05) is 42.5 Å². The van der Waals surface area contributed by atoms with Crippen LogP contribution in [0, 0.1) is 0 Å². The van der Waals surface area contributed by atoms with E-state index in [4.69, 9.17) is 15.6 Å². The van der Waals surface area contributed by atoms with E-state index in [9.17, 15) is 0 Å². The second-order valence-electron chi connectivity index (χ2n) is 4.80. The number of rotatable bonds is 0. The molecule has 0 unspecified atom stereocenters. The molecule has 0 radical (unpaired) electrons. The number of fused-ring (bicyclic) bond motifs is 4. The summed E-state index contributed by atoms with van der Waals surface area (Å²) < 4.78 is 5.89. The lowest BCUT2D eigenvalue weighted by Crippen LogP contribution is -3.00. The van der Waals surface area contributed by atoms with Gasteiger partial charge >= 0.3 is 0 Å². The highest BCUT2D eigenvalue weighted by atomic mass is 35.5. The van der Waals surface area contributed by atoms with E-state index in [1.165, 1.54) is 0 Å². The van der Waals surface area contributed by atoms with Crippen LogP contribution in [0.25, 0.3) is 33.3 Å². The molecule has 0 saturated carbocycles. The van der Waals surface area contributed by atoms with Crippen LogP contribution in [0.4, 0.5) is 5.69 Å². The molecule has 21 heavy (non-hydrogen) atoms. The van der Waals surface area contributed by atoms with E-state index in [0.717, 1.165) is 22.0 Å². The van der Waals surface area contributed by atoms with Crippen molar-refractivity contribution in [3.8, 4) is 11.5 Å². The van der Waals surface area contributed by atoms with Crippen molar-refractivity contribution in [3.05, 3.63) is 53.9 Å². The van der Waals surface area contributed by atoms with Crippen molar-refractivity contribution in [1.82, 2.24) is 4.98 Å². The van der Waals surface area contributed by atoms with E-state index in [-0.39, 0.29) is 12.4 Å². The topological polar surface area (TPSA) is 77.6 Å². The lowest BCUT2D eigenvalue weighted by atomic mass is 10.0. The Morgan fingerprint density at radius 3 is 2.57 bits per heavy atom. The van der Waals surface area contributed by atoms with Crippen LogP contribution in [0.1, 0.15) is 0 Å². The molecule has 0 spiro atoms. The summed E-state index contributed by atoms with van der Waals surface area (Å²) in [6, 6.07) is 15.2. The Balaban J connectivity index is 0.00000132. The Bertz CT molecular complexity index is 994. The summed E-state index contributed by atoms with van der Waals surface area (Å²) in [6.45, 7) is 0. The number of aromatic nitrogens is 1. The summed E-state index contributed by atoms with van der Waals surface area (Å²) in [6.07, 6.45) is 0. The zero-order valence-corrected chi connectivity index (χ0v) is 11.8. The van der Waals surface area contributed by atoms with Gasteiger partial charge in [0.15, 0.2) is 11.3 Å². The van der Waals surface area contributed by atoms with E-state index in [1.54, 1.807) is 6.07 Å². The van der Waals surface area contributed by atoms with Gasteiger partial charge in [0.1, 0.15) is 11.2 Å². The summed E-state index contributed by atoms with van der Waals surface area (Å²) in [5, 5.41) is 8.74. The molecule has 1 heterocycles. The van der Waals surface area contributed by atoms with E-state index in [0.29, 0.717) is 22.4 Å². The van der Waals surface area contributed by atoms with Crippen molar-refractivity contribution >= 4 is 27.6 Å². The first kappa shape index (κ1) is 13.4. The molecule has 0 atom stereocenters. The van der Waals surface area contributed by atoms with Crippen LogP contribution in [0.5, 0.6) is 0 Å². The van der Waals surface area contributed by atoms with Crippen LogP contribution in [0.15, 0.2) is 52.9 Å². The van der Waals surface area contributed by atoms with Crippen molar-refractivity contribution in [1.29, 1.82) is 0 Å². The highest BCUT2D eigenvalue weighted by molar-refractivity contribution is 5.96. The molecule has 0 saturated heterocycles. The number of hydrogen-bond donors (Lipinski definition) is 2. The fourth-order valence-corrected chi connectivity index (χ4v) is 2.50. The van der Waals surface area contributed by atoms with Gasteiger partial charge < -0.3 is 22.6 Å². The molecule has 5 heteroatoms.